The van der Waals surface area contributed by atoms with Gasteiger partial charge in [0.15, 0.2) is 8.32 Å². The highest BCUT2D eigenvalue weighted by Crippen LogP contribution is 2.44. The summed E-state index contributed by atoms with van der Waals surface area (Å²) in [4.78, 5) is 23.1. The van der Waals surface area contributed by atoms with Crippen LogP contribution in [0.1, 0.15) is 45.4 Å². The van der Waals surface area contributed by atoms with Crippen LogP contribution in [0, 0.1) is 5.92 Å². The molecule has 7 heteroatoms. The lowest BCUT2D eigenvalue weighted by molar-refractivity contribution is -0.154. The number of carbonyl (C=O) groups is 2. The lowest BCUT2D eigenvalue weighted by Gasteiger charge is -2.51. The monoisotopic (exact) mass is 386 g/mol. The Morgan fingerprint density at radius 2 is 1.64 bits per heavy atom. The first-order valence-corrected chi connectivity index (χ1v) is 15.6. The van der Waals surface area contributed by atoms with Crippen molar-refractivity contribution >= 4 is 28.6 Å². The first kappa shape index (κ1) is 22.1. The predicted octanol–water partition coefficient (Wildman–Crippen LogP) is 4.50. The molecule has 0 radical (unpaired) electrons. The Kier molecular flexibility index (Phi) is 7.64. The van der Waals surface area contributed by atoms with Gasteiger partial charge in [0, 0.05) is 12.2 Å². The number of aliphatic carboxylic acids is 1. The van der Waals surface area contributed by atoms with Crippen LogP contribution in [0.15, 0.2) is 12.2 Å². The Balaban J connectivity index is 3.22. The number of rotatable bonds is 8. The van der Waals surface area contributed by atoms with E-state index < -0.39 is 33.8 Å². The van der Waals surface area contributed by atoms with Crippen LogP contribution in [0.5, 0.6) is 0 Å². The lowest BCUT2D eigenvalue weighted by Crippen LogP contribution is -2.65. The number of hydrogen-bond donors (Lipinski definition) is 1. The smallest absolute Gasteiger partial charge is 0.331 e. The van der Waals surface area contributed by atoms with Crippen molar-refractivity contribution in [2.75, 3.05) is 0 Å². The molecule has 1 aliphatic carbocycles. The first-order valence-electron chi connectivity index (χ1n) is 9.27. The van der Waals surface area contributed by atoms with Crippen LogP contribution in [0.2, 0.25) is 32.7 Å². The fourth-order valence-corrected chi connectivity index (χ4v) is 13.5. The molecule has 0 aromatic heterocycles. The van der Waals surface area contributed by atoms with Gasteiger partial charge in [0.2, 0.25) is 8.32 Å². The van der Waals surface area contributed by atoms with E-state index >= 15 is 0 Å². The molecule has 1 atom stereocenters. The van der Waals surface area contributed by atoms with Crippen LogP contribution >= 0.6 is 0 Å². The Bertz CT molecular complexity index is 504. The van der Waals surface area contributed by atoms with E-state index in [4.69, 9.17) is 14.0 Å². The van der Waals surface area contributed by atoms with Gasteiger partial charge in [-0.25, -0.2) is 9.59 Å². The van der Waals surface area contributed by atoms with Gasteiger partial charge in [-0.2, -0.15) is 0 Å². The van der Waals surface area contributed by atoms with Crippen LogP contribution in [0.3, 0.4) is 0 Å². The highest BCUT2D eigenvalue weighted by Gasteiger charge is 2.56. The predicted molar refractivity (Wildman–Crippen MR) is 104 cm³/mol. The molecule has 0 amide bonds. The van der Waals surface area contributed by atoms with E-state index in [1.165, 1.54) is 6.42 Å². The summed E-state index contributed by atoms with van der Waals surface area (Å²) in [5, 5.41) is 8.16. The van der Waals surface area contributed by atoms with Gasteiger partial charge >= 0.3 is 11.9 Å². The molecule has 0 bridgehead atoms. The highest BCUT2D eigenvalue weighted by atomic mass is 28.4. The number of ether oxygens (including phenoxy) is 1. The van der Waals surface area contributed by atoms with E-state index in [2.05, 4.69) is 39.7 Å². The van der Waals surface area contributed by atoms with Crippen molar-refractivity contribution in [3.05, 3.63) is 12.2 Å². The summed E-state index contributed by atoms with van der Waals surface area (Å²) in [5.74, 6) is -1.44. The number of esters is 1. The molecule has 0 spiro atoms. The summed E-state index contributed by atoms with van der Waals surface area (Å²) in [6, 6.07) is 0. The van der Waals surface area contributed by atoms with Crippen LogP contribution < -0.4 is 0 Å². The third-order valence-electron chi connectivity index (χ3n) is 5.02. The molecule has 1 saturated carbocycles. The molecular weight excluding hydrogens is 352 g/mol. The normalized spacial score (nSPS) is 19.6. The Labute approximate surface area is 154 Å². The van der Waals surface area contributed by atoms with Crippen LogP contribution in [-0.4, -0.2) is 38.9 Å². The van der Waals surface area contributed by atoms with E-state index in [1.54, 1.807) is 0 Å². The Morgan fingerprint density at radius 3 is 2.08 bits per heavy atom. The molecular formula is C18H34O5Si2. The molecule has 0 heterocycles. The average molecular weight is 387 g/mol. The standard InChI is InChI=1S/C18H34O5Si2/c1-7-18(15-11-9-8-10-12-15,22-17(21)14-13-16(19)20)25(5,6)23-24(2,3)4/h13-15H,7-12H2,1-6H3,(H,19,20)/b14-13+. The summed E-state index contributed by atoms with van der Waals surface area (Å²) >= 11 is 0. The van der Waals surface area contributed by atoms with Gasteiger partial charge in [0.25, 0.3) is 0 Å². The number of carbonyl (C=O) groups excluding carboxylic acids is 1. The van der Waals surface area contributed by atoms with Gasteiger partial charge in [-0.05, 0) is 57.9 Å². The van der Waals surface area contributed by atoms with Gasteiger partial charge in [0.1, 0.15) is 5.22 Å². The zero-order chi connectivity index (χ0) is 19.3. The van der Waals surface area contributed by atoms with Gasteiger partial charge in [-0.15, -0.1) is 0 Å². The second kappa shape index (κ2) is 8.64. The minimum Gasteiger partial charge on any atom is -0.478 e. The lowest BCUT2D eigenvalue weighted by atomic mass is 9.83. The molecule has 0 saturated heterocycles. The van der Waals surface area contributed by atoms with E-state index in [0.717, 1.165) is 37.8 Å². The second-order valence-electron chi connectivity index (χ2n) is 8.40. The number of carboxylic acids is 1. The van der Waals surface area contributed by atoms with Gasteiger partial charge < -0.3 is 14.0 Å². The fraction of sp³-hybridized carbons (Fsp3) is 0.778. The summed E-state index contributed by atoms with van der Waals surface area (Å²) in [5.41, 5.74) is 0. The maximum absolute atomic E-state index is 12.4. The molecule has 1 fully saturated rings. The molecule has 5 nitrogen and oxygen atoms in total. The molecule has 0 aliphatic heterocycles. The summed E-state index contributed by atoms with van der Waals surface area (Å²) in [7, 11) is -4.20. The molecule has 25 heavy (non-hydrogen) atoms. The van der Waals surface area contributed by atoms with Gasteiger partial charge in [0.05, 0.1) is 0 Å². The van der Waals surface area contributed by atoms with Crippen LogP contribution in [-0.2, 0) is 18.4 Å². The summed E-state index contributed by atoms with van der Waals surface area (Å²) in [6.07, 6.45) is 8.16. The minimum absolute atomic E-state index is 0.284. The third kappa shape index (κ3) is 6.07. The maximum Gasteiger partial charge on any atom is 0.331 e. The van der Waals surface area contributed by atoms with Crippen molar-refractivity contribution in [3.63, 3.8) is 0 Å². The van der Waals surface area contributed by atoms with Crippen LogP contribution in [0.4, 0.5) is 0 Å². The molecule has 0 aromatic rings. The van der Waals surface area contributed by atoms with Crippen molar-refractivity contribution in [1.82, 2.24) is 0 Å². The fourth-order valence-electron chi connectivity index (χ4n) is 4.26. The topological polar surface area (TPSA) is 72.8 Å². The number of carboxylic acid groups (broad SMARTS) is 1. The Morgan fingerprint density at radius 1 is 1.08 bits per heavy atom. The quantitative estimate of drug-likeness (QED) is 0.378. The maximum atomic E-state index is 12.4. The molecule has 0 aromatic carbocycles. The van der Waals surface area contributed by atoms with E-state index in [9.17, 15) is 9.59 Å². The Hall–Kier alpha value is -0.926. The van der Waals surface area contributed by atoms with Crippen LogP contribution in [0.25, 0.3) is 0 Å². The summed E-state index contributed by atoms with van der Waals surface area (Å²) < 4.78 is 12.7. The number of hydrogen-bond acceptors (Lipinski definition) is 4. The largest absolute Gasteiger partial charge is 0.478 e. The van der Waals surface area contributed by atoms with E-state index in [0.29, 0.717) is 6.42 Å². The zero-order valence-corrected chi connectivity index (χ0v) is 18.6. The molecule has 1 N–H and O–H groups in total. The van der Waals surface area contributed by atoms with Crippen molar-refractivity contribution in [2.24, 2.45) is 5.92 Å². The van der Waals surface area contributed by atoms with Crippen molar-refractivity contribution < 1.29 is 23.5 Å². The third-order valence-corrected chi connectivity index (χ3v) is 12.4. The zero-order valence-electron chi connectivity index (χ0n) is 16.6. The minimum atomic E-state index is -2.39. The molecule has 1 unspecified atom stereocenters. The average Bonchev–Trinajstić information content (AvgIpc) is 2.49. The first-order chi connectivity index (χ1) is 11.4. The van der Waals surface area contributed by atoms with E-state index in [1.807, 2.05) is 0 Å². The second-order valence-corrected chi connectivity index (χ2v) is 17.3. The van der Waals surface area contributed by atoms with Gasteiger partial charge in [-0.1, -0.05) is 26.2 Å². The molecule has 1 aliphatic rings. The highest BCUT2D eigenvalue weighted by molar-refractivity contribution is 6.85. The molecule has 1 rings (SSSR count). The van der Waals surface area contributed by atoms with Gasteiger partial charge in [-0.3, -0.25) is 0 Å². The molecule has 144 valence electrons. The summed E-state index contributed by atoms with van der Waals surface area (Å²) in [6.45, 7) is 12.8. The van der Waals surface area contributed by atoms with Crippen molar-refractivity contribution in [1.29, 1.82) is 0 Å². The van der Waals surface area contributed by atoms with Crippen molar-refractivity contribution in [3.8, 4) is 0 Å². The SMILES string of the molecule is CCC(OC(=O)/C=C/C(=O)O)(C1CCCCC1)[Si](C)(C)O[Si](C)(C)C. The van der Waals surface area contributed by atoms with E-state index in [-0.39, 0.29) is 5.92 Å². The van der Waals surface area contributed by atoms with Crippen molar-refractivity contribution in [2.45, 2.75) is 83.4 Å².